The Morgan fingerprint density at radius 1 is 1.47 bits per heavy atom. The minimum Gasteiger partial charge on any atom is -0.393 e. The maximum Gasteiger partial charge on any atom is 0.234 e. The largest absolute Gasteiger partial charge is 0.393 e. The van der Waals surface area contributed by atoms with Gasteiger partial charge in [-0.15, -0.1) is 0 Å². The first-order valence-electron chi connectivity index (χ1n) is 6.29. The van der Waals surface area contributed by atoms with E-state index in [1.54, 1.807) is 0 Å². The zero-order valence-electron chi connectivity index (χ0n) is 11.2. The van der Waals surface area contributed by atoms with Gasteiger partial charge in [-0.1, -0.05) is 39.4 Å². The first-order chi connectivity index (χ1) is 8.01. The minimum absolute atomic E-state index is 0.0791. The molecular formula is C12H25N3OS. The van der Waals surface area contributed by atoms with E-state index in [9.17, 15) is 4.79 Å². The number of likely N-dealkylation sites (N-methyl/N-ethyl adjacent to an activating group) is 1. The van der Waals surface area contributed by atoms with Gasteiger partial charge in [0.2, 0.25) is 5.91 Å². The van der Waals surface area contributed by atoms with Crippen molar-refractivity contribution in [3.63, 3.8) is 0 Å². The summed E-state index contributed by atoms with van der Waals surface area (Å²) in [4.78, 5) is 14.2. The van der Waals surface area contributed by atoms with Crippen LogP contribution in [0.5, 0.6) is 0 Å². The maximum absolute atomic E-state index is 11.6. The number of hydrogen-bond acceptors (Lipinski definition) is 3. The Labute approximate surface area is 110 Å². The Bertz CT molecular complexity index is 246. The molecule has 0 saturated carbocycles. The molecule has 17 heavy (non-hydrogen) atoms. The van der Waals surface area contributed by atoms with Gasteiger partial charge in [-0.2, -0.15) is 0 Å². The molecule has 3 N–H and O–H groups in total. The minimum atomic E-state index is 0.0791. The van der Waals surface area contributed by atoms with Gasteiger partial charge in [0, 0.05) is 19.0 Å². The van der Waals surface area contributed by atoms with Crippen LogP contribution in [0.25, 0.3) is 0 Å². The van der Waals surface area contributed by atoms with E-state index >= 15 is 0 Å². The molecule has 0 fully saturated rings. The van der Waals surface area contributed by atoms with Crippen molar-refractivity contribution in [1.82, 2.24) is 10.2 Å². The highest BCUT2D eigenvalue weighted by atomic mass is 32.1. The molecule has 0 bridgehead atoms. The molecule has 0 rings (SSSR count). The number of nitrogens with one attached hydrogen (secondary N) is 1. The normalized spacial score (nSPS) is 12.5. The van der Waals surface area contributed by atoms with Gasteiger partial charge in [-0.25, -0.2) is 0 Å². The van der Waals surface area contributed by atoms with E-state index in [0.29, 0.717) is 11.5 Å². The molecule has 0 saturated heterocycles. The van der Waals surface area contributed by atoms with Crippen molar-refractivity contribution in [2.75, 3.05) is 26.2 Å². The molecule has 0 aromatic heterocycles. The van der Waals surface area contributed by atoms with Crippen LogP contribution >= 0.6 is 12.2 Å². The van der Waals surface area contributed by atoms with Crippen molar-refractivity contribution in [1.29, 1.82) is 0 Å². The molecule has 0 aromatic carbocycles. The van der Waals surface area contributed by atoms with E-state index in [4.69, 9.17) is 18.0 Å². The topological polar surface area (TPSA) is 58.4 Å². The molecule has 0 aromatic rings. The quantitative estimate of drug-likeness (QED) is 0.482. The number of thiocarbonyl (C=S) groups is 1. The van der Waals surface area contributed by atoms with Crippen LogP contribution in [0.4, 0.5) is 0 Å². The third-order valence-electron chi connectivity index (χ3n) is 2.68. The first kappa shape index (κ1) is 16.3. The van der Waals surface area contributed by atoms with Crippen molar-refractivity contribution in [2.45, 2.75) is 33.6 Å². The monoisotopic (exact) mass is 259 g/mol. The SMILES string of the molecule is CCCCNC(=O)CN(CC)CC(C)C(N)=S. The van der Waals surface area contributed by atoms with E-state index in [1.807, 2.05) is 13.8 Å². The summed E-state index contributed by atoms with van der Waals surface area (Å²) in [5, 5.41) is 2.91. The lowest BCUT2D eigenvalue weighted by molar-refractivity contribution is -0.122. The van der Waals surface area contributed by atoms with E-state index < -0.39 is 0 Å². The molecular weight excluding hydrogens is 234 g/mol. The average Bonchev–Trinajstić information content (AvgIpc) is 2.28. The molecule has 4 nitrogen and oxygen atoms in total. The lowest BCUT2D eigenvalue weighted by atomic mass is 10.1. The van der Waals surface area contributed by atoms with Crippen LogP contribution in [-0.4, -0.2) is 42.0 Å². The Kier molecular flexibility index (Phi) is 8.99. The highest BCUT2D eigenvalue weighted by molar-refractivity contribution is 7.80. The fourth-order valence-electron chi connectivity index (χ4n) is 1.45. The van der Waals surface area contributed by atoms with Gasteiger partial charge in [0.25, 0.3) is 0 Å². The summed E-state index contributed by atoms with van der Waals surface area (Å²) in [6, 6.07) is 0. The molecule has 0 aliphatic rings. The van der Waals surface area contributed by atoms with Gasteiger partial charge < -0.3 is 11.1 Å². The fraction of sp³-hybridized carbons (Fsp3) is 0.833. The number of unbranched alkanes of at least 4 members (excludes halogenated alkanes) is 1. The van der Waals surface area contributed by atoms with Crippen LogP contribution in [-0.2, 0) is 4.79 Å². The summed E-state index contributed by atoms with van der Waals surface area (Å²) in [6.07, 6.45) is 2.12. The number of carbonyl (C=O) groups is 1. The van der Waals surface area contributed by atoms with Crippen molar-refractivity contribution < 1.29 is 4.79 Å². The van der Waals surface area contributed by atoms with Crippen LogP contribution in [0.1, 0.15) is 33.6 Å². The molecule has 0 aliphatic heterocycles. The summed E-state index contributed by atoms with van der Waals surface area (Å²) in [5.41, 5.74) is 5.57. The Hall–Kier alpha value is -0.680. The zero-order chi connectivity index (χ0) is 13.3. The lowest BCUT2D eigenvalue weighted by Crippen LogP contribution is -2.41. The predicted molar refractivity (Wildman–Crippen MR) is 76.0 cm³/mol. The number of nitrogens with two attached hydrogens (primary N) is 1. The molecule has 0 spiro atoms. The highest BCUT2D eigenvalue weighted by Crippen LogP contribution is 2.00. The molecule has 1 unspecified atom stereocenters. The van der Waals surface area contributed by atoms with Gasteiger partial charge in [0.05, 0.1) is 11.5 Å². The average molecular weight is 259 g/mol. The van der Waals surface area contributed by atoms with E-state index in [0.717, 1.165) is 32.5 Å². The third-order valence-corrected chi connectivity index (χ3v) is 3.09. The fourth-order valence-corrected chi connectivity index (χ4v) is 1.52. The van der Waals surface area contributed by atoms with Crippen LogP contribution in [0.2, 0.25) is 0 Å². The van der Waals surface area contributed by atoms with Gasteiger partial charge >= 0.3 is 0 Å². The maximum atomic E-state index is 11.6. The molecule has 1 amide bonds. The van der Waals surface area contributed by atoms with Crippen LogP contribution < -0.4 is 11.1 Å². The second kappa shape index (κ2) is 9.36. The van der Waals surface area contributed by atoms with Crippen LogP contribution in [0.3, 0.4) is 0 Å². The van der Waals surface area contributed by atoms with Crippen molar-refractivity contribution in [3.05, 3.63) is 0 Å². The summed E-state index contributed by atoms with van der Waals surface area (Å²) in [6.45, 7) is 8.88. The van der Waals surface area contributed by atoms with Gasteiger partial charge in [-0.05, 0) is 13.0 Å². The van der Waals surface area contributed by atoms with Crippen molar-refractivity contribution in [3.8, 4) is 0 Å². The summed E-state index contributed by atoms with van der Waals surface area (Å²) in [5.74, 6) is 0.226. The Morgan fingerprint density at radius 2 is 2.12 bits per heavy atom. The second-order valence-corrected chi connectivity index (χ2v) is 4.81. The molecule has 0 radical (unpaired) electrons. The first-order valence-corrected chi connectivity index (χ1v) is 6.70. The van der Waals surface area contributed by atoms with Crippen LogP contribution in [0.15, 0.2) is 0 Å². The van der Waals surface area contributed by atoms with Crippen molar-refractivity contribution in [2.24, 2.45) is 11.7 Å². The molecule has 5 heteroatoms. The standard InChI is InChI=1S/C12H25N3OS/c1-4-6-7-14-11(16)9-15(5-2)8-10(3)12(13)17/h10H,4-9H2,1-3H3,(H2,13,17)(H,14,16). The summed E-state index contributed by atoms with van der Waals surface area (Å²) in [7, 11) is 0. The van der Waals surface area contributed by atoms with Crippen LogP contribution in [0, 0.1) is 5.92 Å². The molecule has 0 heterocycles. The summed E-state index contributed by atoms with van der Waals surface area (Å²) >= 11 is 4.93. The van der Waals surface area contributed by atoms with E-state index in [1.165, 1.54) is 0 Å². The Morgan fingerprint density at radius 3 is 2.59 bits per heavy atom. The number of carbonyl (C=O) groups excluding carboxylic acids is 1. The van der Waals surface area contributed by atoms with E-state index in [2.05, 4.69) is 17.1 Å². The highest BCUT2D eigenvalue weighted by Gasteiger charge is 2.13. The number of rotatable bonds is 9. The smallest absolute Gasteiger partial charge is 0.234 e. The van der Waals surface area contributed by atoms with Crippen molar-refractivity contribution >= 4 is 23.1 Å². The third kappa shape index (κ3) is 8.10. The Balaban J connectivity index is 3.95. The van der Waals surface area contributed by atoms with Gasteiger partial charge in [0.1, 0.15) is 0 Å². The zero-order valence-corrected chi connectivity index (χ0v) is 12.0. The van der Waals surface area contributed by atoms with E-state index in [-0.39, 0.29) is 11.8 Å². The number of hydrogen-bond donors (Lipinski definition) is 2. The molecule has 1 atom stereocenters. The second-order valence-electron chi connectivity index (χ2n) is 4.33. The van der Waals surface area contributed by atoms with Gasteiger partial charge in [-0.3, -0.25) is 9.69 Å². The summed E-state index contributed by atoms with van der Waals surface area (Å²) < 4.78 is 0. The number of nitrogens with zero attached hydrogens (tertiary/aromatic N) is 1. The molecule has 100 valence electrons. The lowest BCUT2D eigenvalue weighted by Gasteiger charge is -2.23. The molecule has 0 aliphatic carbocycles. The number of amides is 1. The van der Waals surface area contributed by atoms with Gasteiger partial charge in [0.15, 0.2) is 0 Å². The predicted octanol–water partition coefficient (Wildman–Crippen LogP) is 1.15.